The molecule has 0 saturated heterocycles. The molecule has 0 fully saturated rings. The van der Waals surface area contributed by atoms with Crippen molar-refractivity contribution in [3.05, 3.63) is 47.5 Å². The van der Waals surface area contributed by atoms with E-state index in [0.29, 0.717) is 5.25 Å². The molecule has 3 aromatic rings. The summed E-state index contributed by atoms with van der Waals surface area (Å²) >= 11 is 11.0. The summed E-state index contributed by atoms with van der Waals surface area (Å²) in [6, 6.07) is 12.3. The molecule has 1 unspecified atom stereocenters. The fraction of sp³-hybridized carbons (Fsp3) is 0.316. The number of aliphatic imine (C=N–C) groups is 1. The fourth-order valence-electron chi connectivity index (χ4n) is 2.61. The third-order valence-electron chi connectivity index (χ3n) is 3.83. The van der Waals surface area contributed by atoms with E-state index >= 15 is 0 Å². The van der Waals surface area contributed by atoms with Gasteiger partial charge in [0, 0.05) is 24.3 Å². The van der Waals surface area contributed by atoms with Gasteiger partial charge in [0.2, 0.25) is 0 Å². The van der Waals surface area contributed by atoms with Gasteiger partial charge in [-0.1, -0.05) is 30.0 Å². The highest BCUT2D eigenvalue weighted by Gasteiger charge is 2.21. The Hall–Kier alpha value is -1.06. The van der Waals surface area contributed by atoms with E-state index in [4.69, 9.17) is 5.11 Å². The van der Waals surface area contributed by atoms with Crippen LogP contribution in [0.3, 0.4) is 0 Å². The van der Waals surface area contributed by atoms with Gasteiger partial charge in [0.05, 0.1) is 27.7 Å². The second-order valence-electron chi connectivity index (χ2n) is 5.55. The van der Waals surface area contributed by atoms with Crippen molar-refractivity contribution < 1.29 is 5.11 Å². The predicted octanol–water partition coefficient (Wildman–Crippen LogP) is 5.04. The van der Waals surface area contributed by atoms with Gasteiger partial charge in [0.1, 0.15) is 5.04 Å². The zero-order valence-corrected chi connectivity index (χ0v) is 18.8. The Kier molecular flexibility index (Phi) is 9.64. The summed E-state index contributed by atoms with van der Waals surface area (Å²) in [4.78, 5) is 8.02. The summed E-state index contributed by atoms with van der Waals surface area (Å²) in [5.41, 5.74) is 3.29. The molecule has 0 aliphatic carbocycles. The lowest BCUT2D eigenvalue weighted by molar-refractivity contribution is 0.288. The van der Waals surface area contributed by atoms with Crippen molar-refractivity contribution in [2.75, 3.05) is 31.8 Å². The van der Waals surface area contributed by atoms with Crippen LogP contribution in [0.2, 0.25) is 0 Å². The molecule has 0 radical (unpaired) electrons. The molecule has 2 aromatic heterocycles. The van der Waals surface area contributed by atoms with Crippen molar-refractivity contribution in [3.63, 3.8) is 0 Å². The van der Waals surface area contributed by atoms with Gasteiger partial charge in [0.25, 0.3) is 0 Å². The maximum Gasteiger partial charge on any atom is 0.114 e. The number of nitrogens with one attached hydrogen (secondary N) is 2. The standard InChI is InChI=1S/C14H17N3OS.C4H4S2.CH4S/c1-15-11-4-2-3-9-7-12(17-13(9)11)14-16-8-10(19-14)5-6-18;5-4-2-1-3-6-4;1-2/h2-4,7,10,15,17-18H,5-6,8H2,1H3;1-3,5H;2H,1H3. The lowest BCUT2D eigenvalue weighted by Gasteiger charge is -2.04. The van der Waals surface area contributed by atoms with E-state index in [-0.39, 0.29) is 6.61 Å². The van der Waals surface area contributed by atoms with Gasteiger partial charge in [0.15, 0.2) is 0 Å². The maximum atomic E-state index is 8.99. The fourth-order valence-corrected chi connectivity index (χ4v) is 4.41. The van der Waals surface area contributed by atoms with Crippen LogP contribution in [-0.2, 0) is 0 Å². The van der Waals surface area contributed by atoms with Gasteiger partial charge in [-0.25, -0.2) is 0 Å². The second kappa shape index (κ2) is 11.7. The number of para-hydroxylation sites is 1. The smallest absolute Gasteiger partial charge is 0.114 e. The zero-order valence-electron chi connectivity index (χ0n) is 15.3. The predicted molar refractivity (Wildman–Crippen MR) is 129 cm³/mol. The van der Waals surface area contributed by atoms with Gasteiger partial charge in [-0.05, 0) is 36.3 Å². The average Bonchev–Trinajstić information content (AvgIpc) is 3.44. The number of H-pyrrole nitrogens is 1. The lowest BCUT2D eigenvalue weighted by atomic mass is 10.2. The summed E-state index contributed by atoms with van der Waals surface area (Å²) in [5.74, 6) is 0. The minimum atomic E-state index is 0.233. The summed E-state index contributed by atoms with van der Waals surface area (Å²) in [7, 11) is 1.93. The van der Waals surface area contributed by atoms with Crippen molar-refractivity contribution in [1.29, 1.82) is 0 Å². The van der Waals surface area contributed by atoms with Crippen LogP contribution in [-0.4, -0.2) is 46.8 Å². The van der Waals surface area contributed by atoms with Gasteiger partial charge >= 0.3 is 0 Å². The topological polar surface area (TPSA) is 60.4 Å². The summed E-state index contributed by atoms with van der Waals surface area (Å²) in [6.45, 7) is 1.03. The first-order chi connectivity index (χ1) is 13.2. The van der Waals surface area contributed by atoms with E-state index in [1.807, 2.05) is 30.6 Å². The molecule has 1 aliphatic rings. The van der Waals surface area contributed by atoms with Crippen molar-refractivity contribution >= 4 is 70.0 Å². The number of thioether (sulfide) groups is 1. The molecule has 4 rings (SSSR count). The number of nitrogens with zero attached hydrogens (tertiary/aromatic N) is 1. The third-order valence-corrected chi connectivity index (χ3v) is 6.26. The van der Waals surface area contributed by atoms with Gasteiger partial charge < -0.3 is 15.4 Å². The number of fused-ring (bicyclic) bond motifs is 1. The number of aromatic amines is 1. The molecule has 146 valence electrons. The highest BCUT2D eigenvalue weighted by molar-refractivity contribution is 8.15. The minimum absolute atomic E-state index is 0.233. The molecule has 3 N–H and O–H groups in total. The quantitative estimate of drug-likeness (QED) is 0.370. The number of aromatic nitrogens is 1. The van der Waals surface area contributed by atoms with Crippen molar-refractivity contribution in [2.24, 2.45) is 4.99 Å². The maximum absolute atomic E-state index is 8.99. The van der Waals surface area contributed by atoms with Crippen LogP contribution in [0.15, 0.2) is 51.0 Å². The van der Waals surface area contributed by atoms with Crippen molar-refractivity contribution in [2.45, 2.75) is 15.9 Å². The van der Waals surface area contributed by atoms with E-state index in [0.717, 1.165) is 39.1 Å². The molecule has 27 heavy (non-hydrogen) atoms. The van der Waals surface area contributed by atoms with Crippen LogP contribution in [0.25, 0.3) is 10.9 Å². The van der Waals surface area contributed by atoms with E-state index in [2.05, 4.69) is 58.7 Å². The van der Waals surface area contributed by atoms with Gasteiger partial charge in [-0.2, -0.15) is 12.6 Å². The highest BCUT2D eigenvalue weighted by atomic mass is 32.2. The molecule has 1 aliphatic heterocycles. The first kappa shape index (κ1) is 22.2. The number of thiol groups is 2. The summed E-state index contributed by atoms with van der Waals surface area (Å²) < 4.78 is 1.08. The number of aliphatic hydroxyl groups excluding tert-OH is 1. The molecule has 0 spiro atoms. The van der Waals surface area contributed by atoms with Gasteiger partial charge in [-0.15, -0.1) is 24.0 Å². The Balaban J connectivity index is 0.000000275. The molecule has 3 heterocycles. The number of hydrogen-bond acceptors (Lipinski definition) is 7. The molecule has 8 heteroatoms. The number of thiophene rings is 1. The molecule has 4 nitrogen and oxygen atoms in total. The zero-order chi connectivity index (χ0) is 19.6. The van der Waals surface area contributed by atoms with Crippen LogP contribution in [0.4, 0.5) is 5.69 Å². The lowest BCUT2D eigenvalue weighted by Crippen LogP contribution is -2.05. The van der Waals surface area contributed by atoms with E-state index in [1.165, 1.54) is 5.39 Å². The summed E-state index contributed by atoms with van der Waals surface area (Å²) in [5, 5.41) is 16.8. The number of hydrogen-bond donors (Lipinski definition) is 5. The Morgan fingerprint density at radius 2 is 2.11 bits per heavy atom. The normalized spacial score (nSPS) is 15.4. The van der Waals surface area contributed by atoms with E-state index < -0.39 is 0 Å². The SMILES string of the molecule is CNc1cccc2cc(C3=NCC(CCO)S3)[nH]c12.CS.Sc1cccs1. The Labute approximate surface area is 179 Å². The largest absolute Gasteiger partial charge is 0.396 e. The molecular weight excluding hydrogens is 414 g/mol. The van der Waals surface area contributed by atoms with Crippen molar-refractivity contribution in [1.82, 2.24) is 4.98 Å². The van der Waals surface area contributed by atoms with E-state index in [1.54, 1.807) is 29.4 Å². The Morgan fingerprint density at radius 3 is 2.70 bits per heavy atom. The van der Waals surface area contributed by atoms with Crippen LogP contribution in [0.5, 0.6) is 0 Å². The van der Waals surface area contributed by atoms with Crippen molar-refractivity contribution in [3.8, 4) is 0 Å². The molecule has 0 amide bonds. The molecule has 1 atom stereocenters. The number of anilines is 1. The Morgan fingerprint density at radius 1 is 1.30 bits per heavy atom. The molecule has 0 bridgehead atoms. The highest BCUT2D eigenvalue weighted by Crippen LogP contribution is 2.30. The molecule has 1 aromatic carbocycles. The average molecular weight is 440 g/mol. The monoisotopic (exact) mass is 439 g/mol. The van der Waals surface area contributed by atoms with Gasteiger partial charge in [-0.3, -0.25) is 4.99 Å². The number of benzene rings is 1. The number of aliphatic hydroxyl groups is 1. The van der Waals surface area contributed by atoms with Crippen LogP contribution in [0.1, 0.15) is 12.1 Å². The Bertz CT molecular complexity index is 846. The third kappa shape index (κ3) is 6.22. The molecule has 0 saturated carbocycles. The van der Waals surface area contributed by atoms with E-state index in [9.17, 15) is 0 Å². The first-order valence-corrected chi connectivity index (χ1v) is 11.6. The van der Waals surface area contributed by atoms with Crippen LogP contribution >= 0.6 is 48.4 Å². The second-order valence-corrected chi connectivity index (χ2v) is 8.57. The molecular formula is C19H25N3OS4. The minimum Gasteiger partial charge on any atom is -0.396 e. The van der Waals surface area contributed by atoms with Crippen LogP contribution < -0.4 is 5.32 Å². The number of rotatable bonds is 4. The van der Waals surface area contributed by atoms with Crippen LogP contribution in [0, 0.1) is 0 Å². The first-order valence-electron chi connectivity index (χ1n) is 8.50. The summed E-state index contributed by atoms with van der Waals surface area (Å²) in [6.07, 6.45) is 2.50.